The van der Waals surface area contributed by atoms with Gasteiger partial charge < -0.3 is 24.2 Å². The zero-order valence-electron chi connectivity index (χ0n) is 13.8. The first-order valence-corrected chi connectivity index (χ1v) is 9.09. The van der Waals surface area contributed by atoms with Gasteiger partial charge in [-0.1, -0.05) is 0 Å². The molecule has 6 heteroatoms. The predicted octanol–water partition coefficient (Wildman–Crippen LogP) is 1.66. The van der Waals surface area contributed by atoms with E-state index in [0.29, 0.717) is 13.0 Å². The highest BCUT2D eigenvalue weighted by atomic mass is 16.7. The Kier molecular flexibility index (Phi) is 6.28. The van der Waals surface area contributed by atoms with E-state index < -0.39 is 0 Å². The molecule has 3 heterocycles. The molecule has 3 aliphatic heterocycles. The van der Waals surface area contributed by atoms with E-state index in [4.69, 9.17) is 14.2 Å². The Labute approximate surface area is 138 Å². The van der Waals surface area contributed by atoms with E-state index in [0.717, 1.165) is 58.2 Å². The van der Waals surface area contributed by atoms with E-state index in [2.05, 4.69) is 0 Å². The van der Waals surface area contributed by atoms with Crippen molar-refractivity contribution in [2.45, 2.75) is 69.9 Å². The monoisotopic (exact) mass is 327 g/mol. The van der Waals surface area contributed by atoms with Crippen molar-refractivity contribution in [1.82, 2.24) is 4.90 Å². The minimum atomic E-state index is -0.0878. The minimum Gasteiger partial charge on any atom is -0.396 e. The molecule has 3 fully saturated rings. The highest BCUT2D eigenvalue weighted by molar-refractivity contribution is 5.86. The normalized spacial score (nSPS) is 35.2. The Morgan fingerprint density at radius 3 is 2.52 bits per heavy atom. The Hall–Kier alpha value is -0.690. The molecule has 1 N–H and O–H groups in total. The van der Waals surface area contributed by atoms with Gasteiger partial charge in [0.05, 0.1) is 12.5 Å². The maximum atomic E-state index is 12.4. The van der Waals surface area contributed by atoms with Crippen LogP contribution in [-0.2, 0) is 19.0 Å². The molecule has 0 aliphatic carbocycles. The number of ether oxygens (including phenoxy) is 3. The fraction of sp³-hybridized carbons (Fsp3) is 0.941. The number of aliphatic hydroxyl groups is 1. The van der Waals surface area contributed by atoms with Crippen LogP contribution in [0.25, 0.3) is 0 Å². The van der Waals surface area contributed by atoms with Crippen molar-refractivity contribution in [1.29, 1.82) is 0 Å². The third-order valence-electron chi connectivity index (χ3n) is 5.15. The summed E-state index contributed by atoms with van der Waals surface area (Å²) in [4.78, 5) is 14.3. The van der Waals surface area contributed by atoms with E-state index in [9.17, 15) is 9.90 Å². The summed E-state index contributed by atoms with van der Waals surface area (Å²) in [5, 5.41) is 9.21. The molecule has 3 aliphatic rings. The van der Waals surface area contributed by atoms with Gasteiger partial charge in [0.25, 0.3) is 0 Å². The molecule has 6 nitrogen and oxygen atoms in total. The van der Waals surface area contributed by atoms with Gasteiger partial charge in [-0.3, -0.25) is 4.79 Å². The lowest BCUT2D eigenvalue weighted by Crippen LogP contribution is -2.65. The van der Waals surface area contributed by atoms with Crippen LogP contribution in [0.2, 0.25) is 0 Å². The van der Waals surface area contributed by atoms with Crippen molar-refractivity contribution in [2.24, 2.45) is 5.92 Å². The Bertz CT molecular complexity index is 379. The molecule has 132 valence electrons. The van der Waals surface area contributed by atoms with E-state index in [1.54, 1.807) is 0 Å². The first-order chi connectivity index (χ1) is 11.3. The SMILES string of the molecule is O=C1[C@H](CCO)[C@@H](CCOC2CCCCO2)N1C1CCCCO1. The number of hydrogen-bond acceptors (Lipinski definition) is 5. The molecule has 0 aromatic heterocycles. The second kappa shape index (κ2) is 8.42. The highest BCUT2D eigenvalue weighted by Crippen LogP contribution is 2.36. The van der Waals surface area contributed by atoms with Crippen LogP contribution in [0.15, 0.2) is 0 Å². The summed E-state index contributed by atoms with van der Waals surface area (Å²) in [6.45, 7) is 2.16. The van der Waals surface area contributed by atoms with Gasteiger partial charge in [-0.15, -0.1) is 0 Å². The lowest BCUT2D eigenvalue weighted by molar-refractivity contribution is -0.197. The number of carbonyl (C=O) groups excluding carboxylic acids is 1. The van der Waals surface area contributed by atoms with Gasteiger partial charge in [-0.2, -0.15) is 0 Å². The second-order valence-corrected chi connectivity index (χ2v) is 6.71. The van der Waals surface area contributed by atoms with Gasteiger partial charge in [0.2, 0.25) is 5.91 Å². The molecule has 1 amide bonds. The fourth-order valence-electron chi connectivity index (χ4n) is 3.89. The maximum absolute atomic E-state index is 12.4. The van der Waals surface area contributed by atoms with Gasteiger partial charge in [-0.05, 0) is 51.4 Å². The first-order valence-electron chi connectivity index (χ1n) is 9.09. The maximum Gasteiger partial charge on any atom is 0.230 e. The average molecular weight is 327 g/mol. The molecule has 0 aromatic rings. The molecule has 0 aromatic carbocycles. The van der Waals surface area contributed by atoms with Crippen LogP contribution in [0.1, 0.15) is 51.4 Å². The standard InChI is InChI=1S/C17H29NO5/c19-9-7-13-14(8-12-23-16-6-2-4-11-22-16)18(17(13)20)15-5-1-3-10-21-15/h13-16,19H,1-12H2/t13-,14-,15?,16?/m1/s1. The summed E-state index contributed by atoms with van der Waals surface area (Å²) in [7, 11) is 0. The quantitative estimate of drug-likeness (QED) is 0.720. The molecule has 0 spiro atoms. The topological polar surface area (TPSA) is 68.2 Å². The van der Waals surface area contributed by atoms with E-state index in [-0.39, 0.29) is 37.0 Å². The number of β-lactam (4-membered cyclic amide) rings is 1. The van der Waals surface area contributed by atoms with E-state index in [1.165, 1.54) is 0 Å². The largest absolute Gasteiger partial charge is 0.396 e. The molecular formula is C17H29NO5. The van der Waals surface area contributed by atoms with Gasteiger partial charge in [-0.25, -0.2) is 0 Å². The van der Waals surface area contributed by atoms with Crippen LogP contribution in [0.4, 0.5) is 0 Å². The van der Waals surface area contributed by atoms with Gasteiger partial charge in [0, 0.05) is 25.9 Å². The molecule has 0 saturated carbocycles. The number of hydrogen-bond donors (Lipinski definition) is 1. The second-order valence-electron chi connectivity index (χ2n) is 6.71. The third-order valence-corrected chi connectivity index (χ3v) is 5.15. The summed E-state index contributed by atoms with van der Waals surface area (Å²) in [5.41, 5.74) is 0. The van der Waals surface area contributed by atoms with Crippen molar-refractivity contribution in [3.63, 3.8) is 0 Å². The third kappa shape index (κ3) is 4.05. The number of carbonyl (C=O) groups is 1. The Morgan fingerprint density at radius 1 is 1.09 bits per heavy atom. The fourth-order valence-corrected chi connectivity index (χ4v) is 3.89. The summed E-state index contributed by atoms with van der Waals surface area (Å²) in [5.74, 6) is 0.0475. The summed E-state index contributed by atoms with van der Waals surface area (Å²) in [6, 6.07) is 0.126. The number of aliphatic hydroxyl groups excluding tert-OH is 1. The average Bonchev–Trinajstić information content (AvgIpc) is 2.60. The van der Waals surface area contributed by atoms with Gasteiger partial charge >= 0.3 is 0 Å². The molecular weight excluding hydrogens is 298 g/mol. The first kappa shape index (κ1) is 17.1. The van der Waals surface area contributed by atoms with Crippen LogP contribution < -0.4 is 0 Å². The van der Waals surface area contributed by atoms with Crippen LogP contribution in [0.3, 0.4) is 0 Å². The smallest absolute Gasteiger partial charge is 0.230 e. The van der Waals surface area contributed by atoms with Gasteiger partial charge in [0.15, 0.2) is 6.29 Å². The zero-order valence-corrected chi connectivity index (χ0v) is 13.8. The number of amides is 1. The molecule has 3 saturated heterocycles. The minimum absolute atomic E-state index is 0.0544. The molecule has 4 atom stereocenters. The van der Waals surface area contributed by atoms with E-state index >= 15 is 0 Å². The lowest BCUT2D eigenvalue weighted by Gasteiger charge is -2.51. The van der Waals surface area contributed by atoms with Gasteiger partial charge in [0.1, 0.15) is 6.23 Å². The number of rotatable bonds is 7. The summed E-state index contributed by atoms with van der Waals surface area (Å²) < 4.78 is 17.2. The van der Waals surface area contributed by atoms with Crippen molar-refractivity contribution < 1.29 is 24.1 Å². The molecule has 3 rings (SSSR count). The molecule has 23 heavy (non-hydrogen) atoms. The lowest BCUT2D eigenvalue weighted by atomic mass is 9.82. The van der Waals surface area contributed by atoms with E-state index in [1.807, 2.05) is 4.90 Å². The molecule has 0 radical (unpaired) electrons. The van der Waals surface area contributed by atoms with Crippen molar-refractivity contribution >= 4 is 5.91 Å². The Morgan fingerprint density at radius 2 is 1.87 bits per heavy atom. The number of nitrogens with zero attached hydrogens (tertiary/aromatic N) is 1. The summed E-state index contributed by atoms with van der Waals surface area (Å²) >= 11 is 0. The molecule has 0 bridgehead atoms. The van der Waals surface area contributed by atoms with Crippen molar-refractivity contribution in [3.8, 4) is 0 Å². The van der Waals surface area contributed by atoms with Crippen LogP contribution in [0.5, 0.6) is 0 Å². The molecule has 2 unspecified atom stereocenters. The van der Waals surface area contributed by atoms with Crippen LogP contribution in [-0.4, -0.2) is 60.9 Å². The summed E-state index contributed by atoms with van der Waals surface area (Å²) in [6.07, 6.45) is 7.48. The van der Waals surface area contributed by atoms with Crippen molar-refractivity contribution in [3.05, 3.63) is 0 Å². The zero-order chi connectivity index (χ0) is 16.1. The highest BCUT2D eigenvalue weighted by Gasteiger charge is 2.49. The Balaban J connectivity index is 1.50. The van der Waals surface area contributed by atoms with Crippen LogP contribution in [0, 0.1) is 5.92 Å². The van der Waals surface area contributed by atoms with Crippen LogP contribution >= 0.6 is 0 Å². The van der Waals surface area contributed by atoms with Crippen molar-refractivity contribution in [2.75, 3.05) is 26.4 Å². The predicted molar refractivity (Wildman–Crippen MR) is 83.6 cm³/mol. The number of likely N-dealkylation sites (tertiary alicyclic amines) is 1.